The van der Waals surface area contributed by atoms with Crippen molar-refractivity contribution in [1.82, 2.24) is 4.98 Å². The lowest BCUT2D eigenvalue weighted by atomic mass is 10.0. The minimum absolute atomic E-state index is 0.209. The summed E-state index contributed by atoms with van der Waals surface area (Å²) < 4.78 is 5.97. The van der Waals surface area contributed by atoms with E-state index in [4.69, 9.17) is 9.41 Å². The SMILES string of the molecule is Cc1ccc(-c2nc3c(C)cccc3o2)cc1N=Cc1c(O)ccc2ccccc12. The van der Waals surface area contributed by atoms with Crippen molar-refractivity contribution in [3.63, 3.8) is 0 Å². The van der Waals surface area contributed by atoms with E-state index in [-0.39, 0.29) is 5.75 Å². The van der Waals surface area contributed by atoms with Crippen LogP contribution < -0.4 is 0 Å². The number of phenolic OH excluding ortho intramolecular Hbond substituents is 1. The van der Waals surface area contributed by atoms with Crippen LogP contribution in [-0.2, 0) is 0 Å². The zero-order valence-corrected chi connectivity index (χ0v) is 16.8. The number of para-hydroxylation sites is 1. The summed E-state index contributed by atoms with van der Waals surface area (Å²) in [6.45, 7) is 4.03. The summed E-state index contributed by atoms with van der Waals surface area (Å²) in [6, 6.07) is 23.4. The highest BCUT2D eigenvalue weighted by Gasteiger charge is 2.11. The molecular formula is C26H20N2O2. The van der Waals surface area contributed by atoms with Crippen molar-refractivity contribution in [1.29, 1.82) is 0 Å². The minimum atomic E-state index is 0.209. The second kappa shape index (κ2) is 7.16. The first kappa shape index (κ1) is 18.1. The molecule has 1 aromatic heterocycles. The van der Waals surface area contributed by atoms with E-state index in [1.807, 2.05) is 80.6 Å². The van der Waals surface area contributed by atoms with Crippen LogP contribution >= 0.6 is 0 Å². The van der Waals surface area contributed by atoms with E-state index in [9.17, 15) is 5.11 Å². The molecule has 4 nitrogen and oxygen atoms in total. The molecule has 0 aliphatic heterocycles. The van der Waals surface area contributed by atoms with E-state index in [0.29, 0.717) is 11.5 Å². The van der Waals surface area contributed by atoms with Crippen LogP contribution in [0.3, 0.4) is 0 Å². The number of rotatable bonds is 3. The molecular weight excluding hydrogens is 372 g/mol. The first-order valence-electron chi connectivity index (χ1n) is 9.82. The molecule has 0 fully saturated rings. The topological polar surface area (TPSA) is 58.6 Å². The Hall–Kier alpha value is -3.92. The maximum absolute atomic E-state index is 10.4. The average molecular weight is 392 g/mol. The van der Waals surface area contributed by atoms with E-state index in [2.05, 4.69) is 4.98 Å². The third-order valence-electron chi connectivity index (χ3n) is 5.36. The van der Waals surface area contributed by atoms with Crippen molar-refractivity contribution in [3.8, 4) is 17.2 Å². The number of nitrogens with zero attached hydrogens (tertiary/aromatic N) is 2. The van der Waals surface area contributed by atoms with Gasteiger partial charge in [0.15, 0.2) is 5.58 Å². The molecule has 1 heterocycles. The van der Waals surface area contributed by atoms with Gasteiger partial charge in [0.05, 0.1) is 5.69 Å². The predicted molar refractivity (Wildman–Crippen MR) is 122 cm³/mol. The maximum atomic E-state index is 10.4. The number of hydrogen-bond acceptors (Lipinski definition) is 4. The molecule has 4 heteroatoms. The molecule has 0 saturated heterocycles. The Morgan fingerprint density at radius 1 is 0.900 bits per heavy atom. The summed E-state index contributed by atoms with van der Waals surface area (Å²) in [5.74, 6) is 0.782. The van der Waals surface area contributed by atoms with Crippen LogP contribution in [0.2, 0.25) is 0 Å². The number of benzene rings is 4. The molecule has 0 bridgehead atoms. The second-order valence-corrected chi connectivity index (χ2v) is 7.42. The van der Waals surface area contributed by atoms with Gasteiger partial charge in [0, 0.05) is 17.3 Å². The lowest BCUT2D eigenvalue weighted by Gasteiger charge is -2.06. The molecule has 5 aromatic rings. The van der Waals surface area contributed by atoms with Crippen LogP contribution in [-0.4, -0.2) is 16.3 Å². The molecule has 0 aliphatic carbocycles. The van der Waals surface area contributed by atoms with Gasteiger partial charge < -0.3 is 9.52 Å². The zero-order chi connectivity index (χ0) is 20.7. The molecule has 1 N–H and O–H groups in total. The molecule has 0 saturated carbocycles. The lowest BCUT2D eigenvalue weighted by Crippen LogP contribution is -1.87. The Bertz CT molecular complexity index is 1430. The van der Waals surface area contributed by atoms with E-state index in [0.717, 1.165) is 44.2 Å². The third kappa shape index (κ3) is 3.12. The minimum Gasteiger partial charge on any atom is -0.507 e. The Balaban J connectivity index is 1.58. The van der Waals surface area contributed by atoms with Crippen molar-refractivity contribution in [2.75, 3.05) is 0 Å². The zero-order valence-electron chi connectivity index (χ0n) is 16.8. The van der Waals surface area contributed by atoms with Crippen LogP contribution in [0.25, 0.3) is 33.3 Å². The van der Waals surface area contributed by atoms with Crippen molar-refractivity contribution in [2.24, 2.45) is 4.99 Å². The molecule has 0 atom stereocenters. The third-order valence-corrected chi connectivity index (χ3v) is 5.36. The molecule has 146 valence electrons. The van der Waals surface area contributed by atoms with Crippen LogP contribution in [0.1, 0.15) is 16.7 Å². The highest BCUT2D eigenvalue weighted by Crippen LogP contribution is 2.31. The smallest absolute Gasteiger partial charge is 0.227 e. The van der Waals surface area contributed by atoms with Gasteiger partial charge in [-0.15, -0.1) is 0 Å². The number of aliphatic imine (C=N–C) groups is 1. The Labute approximate surface area is 174 Å². The highest BCUT2D eigenvalue weighted by atomic mass is 16.3. The first-order valence-corrected chi connectivity index (χ1v) is 9.82. The van der Waals surface area contributed by atoms with Crippen LogP contribution in [0.5, 0.6) is 5.75 Å². The quantitative estimate of drug-likeness (QED) is 0.347. The van der Waals surface area contributed by atoms with Gasteiger partial charge >= 0.3 is 0 Å². The molecule has 0 radical (unpaired) electrons. The fraction of sp³-hybridized carbons (Fsp3) is 0.0769. The molecule has 30 heavy (non-hydrogen) atoms. The van der Waals surface area contributed by atoms with Gasteiger partial charge in [-0.05, 0) is 60.0 Å². The number of phenols is 1. The molecule has 0 unspecified atom stereocenters. The molecule has 0 amide bonds. The number of aryl methyl sites for hydroxylation is 2. The van der Waals surface area contributed by atoms with Crippen LogP contribution in [0.15, 0.2) is 82.2 Å². The van der Waals surface area contributed by atoms with Gasteiger partial charge in [-0.25, -0.2) is 4.98 Å². The number of aromatic hydroxyl groups is 1. The van der Waals surface area contributed by atoms with E-state index >= 15 is 0 Å². The van der Waals surface area contributed by atoms with Gasteiger partial charge in [-0.2, -0.15) is 0 Å². The Morgan fingerprint density at radius 2 is 1.77 bits per heavy atom. The summed E-state index contributed by atoms with van der Waals surface area (Å²) in [4.78, 5) is 9.36. The predicted octanol–water partition coefficient (Wildman–Crippen LogP) is 6.72. The van der Waals surface area contributed by atoms with Crippen molar-refractivity contribution in [3.05, 3.63) is 89.5 Å². The van der Waals surface area contributed by atoms with Gasteiger partial charge in [0.2, 0.25) is 5.89 Å². The number of aromatic nitrogens is 1. The van der Waals surface area contributed by atoms with Crippen LogP contribution in [0.4, 0.5) is 5.69 Å². The number of fused-ring (bicyclic) bond motifs is 2. The Morgan fingerprint density at radius 3 is 2.63 bits per heavy atom. The van der Waals surface area contributed by atoms with Gasteiger partial charge in [-0.1, -0.05) is 48.5 Å². The molecule has 5 rings (SSSR count). The van der Waals surface area contributed by atoms with Gasteiger partial charge in [0.25, 0.3) is 0 Å². The molecule has 4 aromatic carbocycles. The summed E-state index contributed by atoms with van der Waals surface area (Å²) in [7, 11) is 0. The molecule has 0 aliphatic rings. The van der Waals surface area contributed by atoms with E-state index in [1.165, 1.54) is 0 Å². The molecule has 0 spiro atoms. The van der Waals surface area contributed by atoms with Crippen molar-refractivity contribution < 1.29 is 9.52 Å². The number of oxazole rings is 1. The summed E-state index contributed by atoms with van der Waals surface area (Å²) >= 11 is 0. The lowest BCUT2D eigenvalue weighted by molar-refractivity contribution is 0.475. The standard InChI is InChI=1S/C26H20N2O2/c1-16-10-11-19(26-28-25-17(2)6-5-9-24(25)30-26)14-22(16)27-15-21-20-8-4-3-7-18(20)12-13-23(21)29/h3-15,29H,1-2H3. The fourth-order valence-corrected chi connectivity index (χ4v) is 3.65. The van der Waals surface area contributed by atoms with E-state index in [1.54, 1.807) is 12.3 Å². The normalized spacial score (nSPS) is 11.7. The summed E-state index contributed by atoms with van der Waals surface area (Å²) in [5, 5.41) is 12.4. The number of hydrogen-bond donors (Lipinski definition) is 1. The monoisotopic (exact) mass is 392 g/mol. The first-order chi connectivity index (χ1) is 14.6. The summed E-state index contributed by atoms with van der Waals surface area (Å²) in [6.07, 6.45) is 1.72. The van der Waals surface area contributed by atoms with Crippen molar-refractivity contribution >= 4 is 33.8 Å². The van der Waals surface area contributed by atoms with Crippen LogP contribution in [0, 0.1) is 13.8 Å². The fourth-order valence-electron chi connectivity index (χ4n) is 3.65. The van der Waals surface area contributed by atoms with E-state index < -0.39 is 0 Å². The largest absolute Gasteiger partial charge is 0.507 e. The highest BCUT2D eigenvalue weighted by molar-refractivity contribution is 6.03. The average Bonchev–Trinajstić information content (AvgIpc) is 3.20. The summed E-state index contributed by atoms with van der Waals surface area (Å²) in [5.41, 5.74) is 6.14. The second-order valence-electron chi connectivity index (χ2n) is 7.42. The van der Waals surface area contributed by atoms with Gasteiger partial charge in [-0.3, -0.25) is 4.99 Å². The Kier molecular flexibility index (Phi) is 4.32. The van der Waals surface area contributed by atoms with Gasteiger partial charge in [0.1, 0.15) is 11.3 Å². The van der Waals surface area contributed by atoms with Crippen molar-refractivity contribution in [2.45, 2.75) is 13.8 Å². The maximum Gasteiger partial charge on any atom is 0.227 e.